The molecule has 0 aliphatic heterocycles. The number of hydrogen-bond donors (Lipinski definition) is 2. The largest absolute Gasteiger partial charge is 0.465 e. The zero-order valence-corrected chi connectivity index (χ0v) is 12.2. The van der Waals surface area contributed by atoms with Gasteiger partial charge in [0.05, 0.1) is 25.0 Å². The fourth-order valence-corrected chi connectivity index (χ4v) is 2.52. The summed E-state index contributed by atoms with van der Waals surface area (Å²) in [5.41, 5.74) is 0. The van der Waals surface area contributed by atoms with Crippen molar-refractivity contribution in [3.05, 3.63) is 0 Å². The van der Waals surface area contributed by atoms with Crippen molar-refractivity contribution in [2.75, 3.05) is 6.61 Å². The van der Waals surface area contributed by atoms with Gasteiger partial charge in [0, 0.05) is 0 Å². The standard InChI is InChI=1S/C11H16F4O6S/c12-10(13,11(14,15)22(18,19)20)5-6-21-9(17)7-1-3-8(16)4-2-7/h7-8,16H,1-6H2,(H,18,19,20). The molecule has 22 heavy (non-hydrogen) atoms. The molecule has 0 amide bonds. The zero-order chi connectivity index (χ0) is 17.2. The van der Waals surface area contributed by atoms with Gasteiger partial charge in [-0.3, -0.25) is 9.35 Å². The summed E-state index contributed by atoms with van der Waals surface area (Å²) in [7, 11) is -6.29. The second-order valence-corrected chi connectivity index (χ2v) is 6.58. The highest BCUT2D eigenvalue weighted by atomic mass is 32.2. The molecule has 0 aromatic rings. The Balaban J connectivity index is 2.51. The van der Waals surface area contributed by atoms with Crippen LogP contribution < -0.4 is 0 Å². The number of halogens is 4. The summed E-state index contributed by atoms with van der Waals surface area (Å²) in [5.74, 6) is -6.55. The van der Waals surface area contributed by atoms with Gasteiger partial charge in [-0.1, -0.05) is 0 Å². The molecule has 0 aromatic heterocycles. The molecule has 0 heterocycles. The third-order valence-corrected chi connectivity index (χ3v) is 4.39. The van der Waals surface area contributed by atoms with Crippen molar-refractivity contribution in [1.29, 1.82) is 0 Å². The predicted molar refractivity (Wildman–Crippen MR) is 65.0 cm³/mol. The van der Waals surface area contributed by atoms with Crippen molar-refractivity contribution in [2.24, 2.45) is 5.92 Å². The Morgan fingerprint density at radius 2 is 1.64 bits per heavy atom. The highest BCUT2D eigenvalue weighted by Gasteiger charge is 2.65. The number of alkyl halides is 4. The first-order valence-electron chi connectivity index (χ1n) is 6.46. The van der Waals surface area contributed by atoms with Gasteiger partial charge in [0.2, 0.25) is 0 Å². The van der Waals surface area contributed by atoms with E-state index in [-0.39, 0.29) is 12.8 Å². The topological polar surface area (TPSA) is 101 Å². The van der Waals surface area contributed by atoms with Gasteiger partial charge in [-0.2, -0.15) is 26.0 Å². The average molecular weight is 352 g/mol. The number of carbonyl (C=O) groups excluding carboxylic acids is 1. The van der Waals surface area contributed by atoms with Crippen LogP contribution >= 0.6 is 0 Å². The second-order valence-electron chi connectivity index (χ2n) is 5.12. The Morgan fingerprint density at radius 1 is 1.14 bits per heavy atom. The van der Waals surface area contributed by atoms with Crippen LogP contribution in [0.2, 0.25) is 0 Å². The number of esters is 1. The van der Waals surface area contributed by atoms with Crippen molar-refractivity contribution in [3.8, 4) is 0 Å². The second kappa shape index (κ2) is 6.67. The minimum absolute atomic E-state index is 0.289. The molecule has 0 unspecified atom stereocenters. The molecule has 6 nitrogen and oxygen atoms in total. The Labute approximate surface area is 124 Å². The maximum absolute atomic E-state index is 13.1. The number of carbonyl (C=O) groups is 1. The van der Waals surface area contributed by atoms with Crippen LogP contribution in [0.1, 0.15) is 32.1 Å². The quantitative estimate of drug-likeness (QED) is 0.428. The highest BCUT2D eigenvalue weighted by Crippen LogP contribution is 2.40. The number of aliphatic hydroxyl groups is 1. The molecular formula is C11H16F4O6S. The van der Waals surface area contributed by atoms with E-state index in [9.17, 15) is 35.9 Å². The minimum atomic E-state index is -6.29. The van der Waals surface area contributed by atoms with Gasteiger partial charge < -0.3 is 9.84 Å². The van der Waals surface area contributed by atoms with E-state index >= 15 is 0 Å². The summed E-state index contributed by atoms with van der Waals surface area (Å²) in [5, 5.41) is 3.58. The lowest BCUT2D eigenvalue weighted by molar-refractivity contribution is -0.176. The lowest BCUT2D eigenvalue weighted by Crippen LogP contribution is -2.47. The van der Waals surface area contributed by atoms with E-state index in [1.165, 1.54) is 0 Å². The number of hydrogen-bond acceptors (Lipinski definition) is 5. The fourth-order valence-electron chi connectivity index (χ4n) is 2.04. The predicted octanol–water partition coefficient (Wildman–Crippen LogP) is 1.59. The van der Waals surface area contributed by atoms with Gasteiger partial charge in [0.15, 0.2) is 0 Å². The smallest absolute Gasteiger partial charge is 0.431 e. The van der Waals surface area contributed by atoms with Gasteiger partial charge in [-0.05, 0) is 25.7 Å². The lowest BCUT2D eigenvalue weighted by Gasteiger charge is -2.25. The van der Waals surface area contributed by atoms with Crippen LogP contribution in [0.15, 0.2) is 0 Å². The van der Waals surface area contributed by atoms with Gasteiger partial charge in [0.25, 0.3) is 0 Å². The molecule has 0 atom stereocenters. The Bertz CT molecular complexity index is 499. The van der Waals surface area contributed by atoms with E-state index in [2.05, 4.69) is 4.74 Å². The van der Waals surface area contributed by atoms with Gasteiger partial charge in [-0.15, -0.1) is 0 Å². The molecule has 2 N–H and O–H groups in total. The normalized spacial score (nSPS) is 24.1. The van der Waals surface area contributed by atoms with Crippen LogP contribution in [0.3, 0.4) is 0 Å². The van der Waals surface area contributed by atoms with E-state index in [4.69, 9.17) is 4.55 Å². The van der Waals surface area contributed by atoms with Crippen molar-refractivity contribution in [2.45, 2.75) is 49.4 Å². The molecule has 1 fully saturated rings. The molecule has 0 saturated heterocycles. The van der Waals surface area contributed by atoms with Crippen molar-refractivity contribution in [1.82, 2.24) is 0 Å². The molecule has 1 aliphatic carbocycles. The van der Waals surface area contributed by atoms with Crippen molar-refractivity contribution in [3.63, 3.8) is 0 Å². The SMILES string of the molecule is O=C(OCCC(F)(F)C(F)(F)S(=O)(=O)O)C1CCC(O)CC1. The third kappa shape index (κ3) is 4.29. The molecule has 0 radical (unpaired) electrons. The highest BCUT2D eigenvalue weighted by molar-refractivity contribution is 7.87. The zero-order valence-electron chi connectivity index (χ0n) is 11.3. The van der Waals surface area contributed by atoms with Gasteiger partial charge in [0.1, 0.15) is 0 Å². The number of rotatable bonds is 6. The summed E-state index contributed by atoms with van der Waals surface area (Å²) < 4.78 is 85.1. The average Bonchev–Trinajstić information content (AvgIpc) is 2.37. The third-order valence-electron chi connectivity index (χ3n) is 3.44. The van der Waals surface area contributed by atoms with Crippen LogP contribution in [0, 0.1) is 5.92 Å². The Morgan fingerprint density at radius 3 is 2.09 bits per heavy atom. The fraction of sp³-hybridized carbons (Fsp3) is 0.909. The molecule has 1 aliphatic rings. The summed E-state index contributed by atoms with van der Waals surface area (Å²) >= 11 is 0. The summed E-state index contributed by atoms with van der Waals surface area (Å²) in [6.07, 6.45) is -1.02. The molecule has 0 bridgehead atoms. The molecule has 0 aromatic carbocycles. The van der Waals surface area contributed by atoms with E-state index in [1.54, 1.807) is 0 Å². The maximum Gasteiger partial charge on any atom is 0.431 e. The van der Waals surface area contributed by atoms with Crippen molar-refractivity contribution < 1.29 is 45.2 Å². The first kappa shape index (κ1) is 19.1. The Hall–Kier alpha value is -0.940. The van der Waals surface area contributed by atoms with Gasteiger partial charge in [-0.25, -0.2) is 0 Å². The summed E-state index contributed by atoms with van der Waals surface area (Å²) in [6, 6.07) is 0. The van der Waals surface area contributed by atoms with Crippen LogP contribution in [-0.4, -0.2) is 47.9 Å². The number of aliphatic hydroxyl groups excluding tert-OH is 1. The maximum atomic E-state index is 13.1. The van der Waals surface area contributed by atoms with E-state index in [0.717, 1.165) is 0 Å². The Kier molecular flexibility index (Phi) is 5.79. The van der Waals surface area contributed by atoms with Crippen LogP contribution in [0.25, 0.3) is 0 Å². The van der Waals surface area contributed by atoms with Crippen molar-refractivity contribution >= 4 is 16.1 Å². The number of ether oxygens (including phenoxy) is 1. The van der Waals surface area contributed by atoms with Crippen LogP contribution in [-0.2, 0) is 19.6 Å². The first-order valence-corrected chi connectivity index (χ1v) is 7.90. The molecule has 0 spiro atoms. The molecule has 11 heteroatoms. The van der Waals surface area contributed by atoms with Crippen LogP contribution in [0.5, 0.6) is 0 Å². The molecule has 1 saturated carbocycles. The molecule has 1 rings (SSSR count). The van der Waals surface area contributed by atoms with Gasteiger partial charge >= 0.3 is 27.3 Å². The van der Waals surface area contributed by atoms with E-state index < -0.39 is 52.3 Å². The molecular weight excluding hydrogens is 336 g/mol. The van der Waals surface area contributed by atoms with E-state index in [0.29, 0.717) is 12.8 Å². The monoisotopic (exact) mass is 352 g/mol. The van der Waals surface area contributed by atoms with Crippen LogP contribution in [0.4, 0.5) is 17.6 Å². The summed E-state index contributed by atoms with van der Waals surface area (Å²) in [4.78, 5) is 11.5. The first-order chi connectivity index (χ1) is 9.88. The minimum Gasteiger partial charge on any atom is -0.465 e. The van der Waals surface area contributed by atoms with E-state index in [1.807, 2.05) is 0 Å². The summed E-state index contributed by atoms with van der Waals surface area (Å²) in [6.45, 7) is -1.12. The molecule has 130 valence electrons. The lowest BCUT2D eigenvalue weighted by atomic mass is 9.87.